The van der Waals surface area contributed by atoms with E-state index in [1.807, 2.05) is 18.2 Å². The van der Waals surface area contributed by atoms with Crippen LogP contribution in [0, 0.1) is 0 Å². The maximum absolute atomic E-state index is 12.0. The van der Waals surface area contributed by atoms with Crippen LogP contribution >= 0.6 is 0 Å². The summed E-state index contributed by atoms with van der Waals surface area (Å²) >= 11 is 0. The van der Waals surface area contributed by atoms with Gasteiger partial charge in [0, 0.05) is 31.5 Å². The van der Waals surface area contributed by atoms with Crippen molar-refractivity contribution in [3.05, 3.63) is 82.9 Å². The molecule has 0 amide bonds. The van der Waals surface area contributed by atoms with Gasteiger partial charge in [0.1, 0.15) is 5.82 Å². The minimum atomic E-state index is -0.786. The predicted octanol–water partition coefficient (Wildman–Crippen LogP) is 3.27. The molecule has 0 atom stereocenters. The van der Waals surface area contributed by atoms with Crippen molar-refractivity contribution in [2.75, 3.05) is 31.6 Å². The average molecular weight is 429 g/mol. The first-order valence-corrected chi connectivity index (χ1v) is 10.5. The molecule has 0 saturated carbocycles. The molecule has 162 valence electrons. The first-order chi connectivity index (χ1) is 15.7. The fraction of sp³-hybridized carbons (Fsp3) is 0.208. The highest BCUT2D eigenvalue weighted by Gasteiger charge is 2.13. The Morgan fingerprint density at radius 1 is 1.00 bits per heavy atom. The fourth-order valence-corrected chi connectivity index (χ4v) is 3.92. The van der Waals surface area contributed by atoms with E-state index in [1.54, 1.807) is 12.1 Å². The molecule has 2 aromatic heterocycles. The van der Waals surface area contributed by atoms with Crippen LogP contribution < -0.4 is 11.0 Å². The topological polar surface area (TPSA) is 92.5 Å². The number of ether oxygens (including phenoxy) is 1. The normalized spacial score (nSPS) is 14.5. The number of nitrogens with zero attached hydrogens (tertiary/aromatic N) is 4. The smallest absolute Gasteiger partial charge is 0.384 e. The number of aromatic nitrogens is 3. The largest absolute Gasteiger partial charge is 0.422 e. The number of nitrogens with one attached hydrogen (secondary N) is 1. The summed E-state index contributed by atoms with van der Waals surface area (Å²) in [6.45, 7) is 4.37. The molecule has 1 fully saturated rings. The molecule has 0 radical (unpaired) electrons. The zero-order chi connectivity index (χ0) is 21.9. The van der Waals surface area contributed by atoms with Crippen LogP contribution in [0.1, 0.15) is 5.56 Å². The number of rotatable bonds is 5. The van der Waals surface area contributed by atoms with E-state index in [2.05, 4.69) is 50.5 Å². The summed E-state index contributed by atoms with van der Waals surface area (Å²) in [5.74, 6) is 0.349. The van der Waals surface area contributed by atoms with Crippen molar-refractivity contribution in [3.8, 4) is 11.1 Å². The molecule has 0 aliphatic carbocycles. The summed E-state index contributed by atoms with van der Waals surface area (Å²) in [4.78, 5) is 22.5. The second kappa shape index (κ2) is 8.78. The summed E-state index contributed by atoms with van der Waals surface area (Å²) in [6.07, 6.45) is 1.52. The molecule has 5 rings (SSSR count). The number of pyridine rings is 1. The van der Waals surface area contributed by atoms with Crippen LogP contribution in [0.5, 0.6) is 0 Å². The van der Waals surface area contributed by atoms with Gasteiger partial charge < -0.3 is 15.3 Å². The third-order valence-corrected chi connectivity index (χ3v) is 5.53. The monoisotopic (exact) mass is 429 g/mol. The van der Waals surface area contributed by atoms with Crippen molar-refractivity contribution in [2.45, 2.75) is 6.54 Å². The van der Waals surface area contributed by atoms with Crippen LogP contribution in [0.3, 0.4) is 0 Å². The molecular formula is C24H23N5O3. The van der Waals surface area contributed by atoms with Gasteiger partial charge in [-0.2, -0.15) is 4.98 Å². The summed E-state index contributed by atoms with van der Waals surface area (Å²) in [5.41, 5.74) is 3.58. The van der Waals surface area contributed by atoms with Gasteiger partial charge in [0.25, 0.3) is 0 Å². The van der Waals surface area contributed by atoms with Crippen molar-refractivity contribution in [3.63, 3.8) is 0 Å². The number of anilines is 2. The van der Waals surface area contributed by atoms with Gasteiger partial charge in [-0.05, 0) is 47.0 Å². The number of hydrogen-bond donors (Lipinski definition) is 2. The third kappa shape index (κ3) is 4.18. The Kier molecular flexibility index (Phi) is 5.53. The maximum atomic E-state index is 12.0. The van der Waals surface area contributed by atoms with Gasteiger partial charge in [0.15, 0.2) is 5.65 Å². The van der Waals surface area contributed by atoms with E-state index >= 15 is 0 Å². The molecule has 1 saturated heterocycles. The lowest BCUT2D eigenvalue weighted by Gasteiger charge is -2.26. The van der Waals surface area contributed by atoms with E-state index in [1.165, 1.54) is 11.8 Å². The number of fused-ring (bicyclic) bond motifs is 1. The quantitative estimate of drug-likeness (QED) is 0.471. The molecule has 0 spiro atoms. The van der Waals surface area contributed by atoms with Crippen LogP contribution in [-0.4, -0.2) is 51.1 Å². The van der Waals surface area contributed by atoms with E-state index in [0.717, 1.165) is 49.7 Å². The Bertz CT molecular complexity index is 1310. The van der Waals surface area contributed by atoms with Crippen molar-refractivity contribution in [1.82, 2.24) is 19.6 Å². The molecular weight excluding hydrogens is 406 g/mol. The van der Waals surface area contributed by atoms with Gasteiger partial charge in [-0.1, -0.05) is 30.3 Å². The first-order valence-electron chi connectivity index (χ1n) is 10.5. The fourth-order valence-electron chi connectivity index (χ4n) is 3.92. The van der Waals surface area contributed by atoms with Crippen LogP contribution in [0.25, 0.3) is 22.2 Å². The Morgan fingerprint density at radius 3 is 2.62 bits per heavy atom. The minimum Gasteiger partial charge on any atom is -0.422 e. The zero-order valence-electron chi connectivity index (χ0n) is 17.4. The Hall–Kier alpha value is -3.75. The van der Waals surface area contributed by atoms with Gasteiger partial charge in [-0.25, -0.2) is 9.78 Å². The maximum Gasteiger partial charge on any atom is 0.384 e. The van der Waals surface area contributed by atoms with Crippen LogP contribution in [0.15, 0.2) is 71.7 Å². The molecule has 4 aromatic rings. The Balaban J connectivity index is 1.42. The van der Waals surface area contributed by atoms with E-state index in [9.17, 15) is 10.0 Å². The van der Waals surface area contributed by atoms with Crippen molar-refractivity contribution < 1.29 is 9.94 Å². The van der Waals surface area contributed by atoms with E-state index < -0.39 is 5.69 Å². The number of hydrogen-bond acceptors (Lipinski definition) is 7. The molecule has 1 aliphatic heterocycles. The lowest BCUT2D eigenvalue weighted by Crippen LogP contribution is -2.35. The van der Waals surface area contributed by atoms with Crippen molar-refractivity contribution >= 4 is 22.5 Å². The lowest BCUT2D eigenvalue weighted by atomic mass is 10.0. The van der Waals surface area contributed by atoms with E-state index in [-0.39, 0.29) is 5.65 Å². The Morgan fingerprint density at radius 2 is 1.78 bits per heavy atom. The molecule has 32 heavy (non-hydrogen) atoms. The van der Waals surface area contributed by atoms with Gasteiger partial charge >= 0.3 is 5.69 Å². The molecule has 2 N–H and O–H groups in total. The van der Waals surface area contributed by atoms with Crippen LogP contribution in [0.4, 0.5) is 11.5 Å². The number of benzene rings is 2. The highest BCUT2D eigenvalue weighted by atomic mass is 16.5. The van der Waals surface area contributed by atoms with Crippen LogP contribution in [-0.2, 0) is 11.3 Å². The van der Waals surface area contributed by atoms with Crippen LogP contribution in [0.2, 0.25) is 0 Å². The average Bonchev–Trinajstić information content (AvgIpc) is 2.83. The lowest BCUT2D eigenvalue weighted by molar-refractivity contribution is 0.0342. The van der Waals surface area contributed by atoms with E-state index in [0.29, 0.717) is 15.9 Å². The van der Waals surface area contributed by atoms with Gasteiger partial charge in [0.05, 0.1) is 18.6 Å². The molecule has 0 bridgehead atoms. The van der Waals surface area contributed by atoms with Crippen molar-refractivity contribution in [2.24, 2.45) is 0 Å². The van der Waals surface area contributed by atoms with E-state index in [4.69, 9.17) is 4.74 Å². The number of morpholine rings is 1. The second-order valence-corrected chi connectivity index (χ2v) is 7.72. The zero-order valence-corrected chi connectivity index (χ0v) is 17.4. The standard InChI is InChI=1S/C24H23N5O3/c30-24-27-22(21-8-3-9-25-23(21)29(24)31)26-20-7-2-6-19(15-20)18-5-1-4-17(14-18)16-28-10-12-32-13-11-28/h1-9,14-15,31H,10-13,16H2,(H,26,27,30). The summed E-state index contributed by atoms with van der Waals surface area (Å²) in [5, 5.41) is 13.7. The molecule has 8 nitrogen and oxygen atoms in total. The van der Waals surface area contributed by atoms with Gasteiger partial charge in [-0.3, -0.25) is 4.90 Å². The molecule has 8 heteroatoms. The predicted molar refractivity (Wildman–Crippen MR) is 122 cm³/mol. The van der Waals surface area contributed by atoms with Gasteiger partial charge in [-0.15, -0.1) is 4.73 Å². The summed E-state index contributed by atoms with van der Waals surface area (Å²) in [6, 6.07) is 19.9. The molecule has 3 heterocycles. The third-order valence-electron chi connectivity index (χ3n) is 5.53. The minimum absolute atomic E-state index is 0.155. The summed E-state index contributed by atoms with van der Waals surface area (Å²) < 4.78 is 5.90. The first kappa shape index (κ1) is 20.2. The SMILES string of the molecule is O=c1nc(Nc2cccc(-c3cccc(CN4CCOCC4)c3)c2)c2cccnc2n1O. The van der Waals surface area contributed by atoms with Gasteiger partial charge in [0.2, 0.25) is 0 Å². The van der Waals surface area contributed by atoms with Crippen molar-refractivity contribution in [1.29, 1.82) is 0 Å². The molecule has 0 unspecified atom stereocenters. The summed E-state index contributed by atoms with van der Waals surface area (Å²) in [7, 11) is 0. The Labute approximate surface area is 184 Å². The molecule has 2 aromatic carbocycles. The molecule has 1 aliphatic rings. The highest BCUT2D eigenvalue weighted by Crippen LogP contribution is 2.27. The highest BCUT2D eigenvalue weighted by molar-refractivity contribution is 5.88. The second-order valence-electron chi connectivity index (χ2n) is 7.72.